The molecule has 4 rings (SSSR count). The predicted octanol–water partition coefficient (Wildman–Crippen LogP) is 1.26. The van der Waals surface area contributed by atoms with Gasteiger partial charge < -0.3 is 26.0 Å². The van der Waals surface area contributed by atoms with Crippen LogP contribution in [0.2, 0.25) is 0 Å². The van der Waals surface area contributed by atoms with Crippen molar-refractivity contribution in [3.05, 3.63) is 46.9 Å². The van der Waals surface area contributed by atoms with Crippen LogP contribution in [-0.4, -0.2) is 53.7 Å². The largest absolute Gasteiger partial charge is 0.477 e. The molecule has 0 saturated carbocycles. The number of fused-ring (bicyclic) bond motifs is 6. The third kappa shape index (κ3) is 4.35. The molecule has 5 N–H and O–H groups in total. The number of amidine groups is 1. The van der Waals surface area contributed by atoms with E-state index in [1.54, 1.807) is 11.0 Å². The summed E-state index contributed by atoms with van der Waals surface area (Å²) in [5, 5.41) is 13.5. The number of alkyl halides is 1. The number of amides is 1. The molecule has 1 amide bonds. The van der Waals surface area contributed by atoms with Crippen LogP contribution in [0.1, 0.15) is 30.9 Å². The molecule has 2 bridgehead atoms. The van der Waals surface area contributed by atoms with Gasteiger partial charge >= 0.3 is 0 Å². The van der Waals surface area contributed by atoms with E-state index in [0.29, 0.717) is 37.4 Å². The van der Waals surface area contributed by atoms with Gasteiger partial charge in [-0.25, -0.2) is 18.8 Å². The molecule has 0 radical (unpaired) electrons. The van der Waals surface area contributed by atoms with E-state index in [1.165, 1.54) is 12.3 Å². The maximum atomic E-state index is 14.5. The number of hydrogen-bond acceptors (Lipinski definition) is 7. The lowest BCUT2D eigenvalue weighted by atomic mass is 10.1. The standard InChI is InChI=1S/C20H23F2N7O2/c21-11-7-13-14-8-12(22)10-29(14)15-3-5-25-18(28-15)16(17(23)24)19(30)26-4-1-2-6-31-20(13)27-9-11/h3,5,7,9,12,14,28H,1-2,4,6,8,10H2,(H3,23,24)(H,26,30)/b18-16-/t12-,14+/m0/s1. The number of halogens is 2. The summed E-state index contributed by atoms with van der Waals surface area (Å²) in [6.07, 6.45) is 4.30. The lowest BCUT2D eigenvalue weighted by molar-refractivity contribution is -0.117. The van der Waals surface area contributed by atoms with Gasteiger partial charge in [-0.3, -0.25) is 10.2 Å². The molecule has 1 saturated heterocycles. The van der Waals surface area contributed by atoms with Crippen LogP contribution >= 0.6 is 0 Å². The number of aromatic nitrogens is 1. The van der Waals surface area contributed by atoms with Crippen molar-refractivity contribution in [1.82, 2.24) is 20.5 Å². The Hall–Kier alpha value is -3.50. The fraction of sp³-hybridized carbons (Fsp3) is 0.400. The maximum absolute atomic E-state index is 14.5. The summed E-state index contributed by atoms with van der Waals surface area (Å²) < 4.78 is 34.3. The number of pyridine rings is 1. The Morgan fingerprint density at radius 3 is 3.03 bits per heavy atom. The number of aliphatic imine (C=N–C) groups is 1. The van der Waals surface area contributed by atoms with Crippen molar-refractivity contribution in [3.63, 3.8) is 0 Å². The summed E-state index contributed by atoms with van der Waals surface area (Å²) >= 11 is 0. The molecular formula is C20H23F2N7O2. The first-order valence-electron chi connectivity index (χ1n) is 10.0. The Bertz CT molecular complexity index is 992. The van der Waals surface area contributed by atoms with Crippen LogP contribution in [0.5, 0.6) is 5.88 Å². The molecule has 0 spiro atoms. The van der Waals surface area contributed by atoms with Gasteiger partial charge in [-0.15, -0.1) is 0 Å². The van der Waals surface area contributed by atoms with Crippen LogP contribution in [-0.2, 0) is 4.79 Å². The Labute approximate surface area is 177 Å². The molecule has 1 aromatic rings. The zero-order chi connectivity index (χ0) is 22.0. The Kier molecular flexibility index (Phi) is 5.83. The normalized spacial score (nSPS) is 26.3. The number of allylic oxidation sites excluding steroid dienone is 1. The second kappa shape index (κ2) is 8.70. The van der Waals surface area contributed by atoms with Gasteiger partial charge in [0.05, 0.1) is 25.4 Å². The molecule has 2 atom stereocenters. The van der Waals surface area contributed by atoms with Crippen molar-refractivity contribution in [2.75, 3.05) is 19.7 Å². The topological polar surface area (TPSA) is 129 Å². The minimum atomic E-state index is -1.16. The third-order valence-electron chi connectivity index (χ3n) is 5.28. The van der Waals surface area contributed by atoms with Gasteiger partial charge in [0, 0.05) is 24.7 Å². The van der Waals surface area contributed by atoms with Crippen molar-refractivity contribution in [2.24, 2.45) is 10.7 Å². The van der Waals surface area contributed by atoms with Gasteiger partial charge in [-0.05, 0) is 25.0 Å². The highest BCUT2D eigenvalue weighted by molar-refractivity contribution is 6.19. The van der Waals surface area contributed by atoms with Gasteiger partial charge in [0.1, 0.15) is 35.0 Å². The van der Waals surface area contributed by atoms with E-state index in [9.17, 15) is 13.6 Å². The number of carbonyl (C=O) groups excluding carboxylic acids is 1. The number of nitrogens with two attached hydrogens (primary N) is 1. The fourth-order valence-corrected chi connectivity index (χ4v) is 3.86. The number of nitrogens with zero attached hydrogens (tertiary/aromatic N) is 3. The van der Waals surface area contributed by atoms with E-state index < -0.39 is 29.8 Å². The maximum Gasteiger partial charge on any atom is 0.258 e. The molecule has 31 heavy (non-hydrogen) atoms. The first kappa shape index (κ1) is 20.8. The molecule has 0 aliphatic carbocycles. The Morgan fingerprint density at radius 2 is 2.23 bits per heavy atom. The lowest BCUT2D eigenvalue weighted by Crippen LogP contribution is -2.38. The number of hydrogen-bond donors (Lipinski definition) is 4. The Morgan fingerprint density at radius 1 is 1.39 bits per heavy atom. The van der Waals surface area contributed by atoms with Crippen LogP contribution in [0, 0.1) is 11.2 Å². The number of nitrogens with one attached hydrogen (secondary N) is 3. The molecular weight excluding hydrogens is 408 g/mol. The van der Waals surface area contributed by atoms with Crippen LogP contribution in [0.4, 0.5) is 8.78 Å². The SMILES string of the molecule is N=C(N)/C1=C2\N=CC=C(N2)N2C[C@@H](F)C[C@@H]2c2cc(F)cnc2OCCCCNC1=O. The molecule has 0 unspecified atom stereocenters. The number of carbonyl (C=O) groups is 1. The molecule has 1 aromatic heterocycles. The van der Waals surface area contributed by atoms with Gasteiger partial charge in [0.15, 0.2) is 0 Å². The number of ether oxygens (including phenoxy) is 1. The zero-order valence-corrected chi connectivity index (χ0v) is 16.7. The summed E-state index contributed by atoms with van der Waals surface area (Å²) in [5.41, 5.74) is 6.00. The lowest BCUT2D eigenvalue weighted by Gasteiger charge is -2.31. The van der Waals surface area contributed by atoms with Crippen molar-refractivity contribution >= 4 is 18.0 Å². The second-order valence-corrected chi connectivity index (χ2v) is 7.45. The van der Waals surface area contributed by atoms with E-state index in [4.69, 9.17) is 15.9 Å². The first-order valence-corrected chi connectivity index (χ1v) is 10.0. The van der Waals surface area contributed by atoms with E-state index in [0.717, 1.165) is 6.20 Å². The van der Waals surface area contributed by atoms with Gasteiger partial charge in [-0.2, -0.15) is 0 Å². The third-order valence-corrected chi connectivity index (χ3v) is 5.28. The molecule has 0 aromatic carbocycles. The predicted molar refractivity (Wildman–Crippen MR) is 110 cm³/mol. The van der Waals surface area contributed by atoms with Crippen molar-refractivity contribution in [2.45, 2.75) is 31.5 Å². The molecule has 9 nitrogen and oxygen atoms in total. The minimum Gasteiger partial charge on any atom is -0.477 e. The average Bonchev–Trinajstić information content (AvgIpc) is 3.12. The van der Waals surface area contributed by atoms with E-state index in [1.807, 2.05) is 0 Å². The molecule has 164 valence electrons. The van der Waals surface area contributed by atoms with E-state index >= 15 is 0 Å². The van der Waals surface area contributed by atoms with E-state index in [-0.39, 0.29) is 30.2 Å². The van der Waals surface area contributed by atoms with Crippen molar-refractivity contribution in [1.29, 1.82) is 5.41 Å². The van der Waals surface area contributed by atoms with Crippen LogP contribution < -0.4 is 21.1 Å². The average molecular weight is 431 g/mol. The molecule has 3 aliphatic rings. The van der Waals surface area contributed by atoms with Crippen LogP contribution in [0.15, 0.2) is 40.5 Å². The van der Waals surface area contributed by atoms with E-state index in [2.05, 4.69) is 20.6 Å². The molecule has 1 fully saturated rings. The monoisotopic (exact) mass is 431 g/mol. The van der Waals surface area contributed by atoms with Gasteiger partial charge in [0.2, 0.25) is 5.88 Å². The quantitative estimate of drug-likeness (QED) is 0.391. The summed E-state index contributed by atoms with van der Waals surface area (Å²) in [7, 11) is 0. The summed E-state index contributed by atoms with van der Waals surface area (Å²) in [4.78, 5) is 22.6. The van der Waals surface area contributed by atoms with Crippen molar-refractivity contribution < 1.29 is 18.3 Å². The van der Waals surface area contributed by atoms with Crippen molar-refractivity contribution in [3.8, 4) is 5.88 Å². The van der Waals surface area contributed by atoms with Crippen LogP contribution in [0.25, 0.3) is 0 Å². The molecule has 3 aliphatic heterocycles. The second-order valence-electron chi connectivity index (χ2n) is 7.45. The van der Waals surface area contributed by atoms with Gasteiger partial charge in [0.25, 0.3) is 5.91 Å². The Balaban J connectivity index is 1.78. The first-order chi connectivity index (χ1) is 14.9. The summed E-state index contributed by atoms with van der Waals surface area (Å²) in [6, 6.07) is 0.774. The molecule has 4 heterocycles. The highest BCUT2D eigenvalue weighted by Gasteiger charge is 2.38. The smallest absolute Gasteiger partial charge is 0.258 e. The minimum absolute atomic E-state index is 0.0438. The van der Waals surface area contributed by atoms with Crippen LogP contribution in [0.3, 0.4) is 0 Å². The summed E-state index contributed by atoms with van der Waals surface area (Å²) in [5.74, 6) is -0.709. The highest BCUT2D eigenvalue weighted by atomic mass is 19.1. The fourth-order valence-electron chi connectivity index (χ4n) is 3.86. The zero-order valence-electron chi connectivity index (χ0n) is 16.7. The van der Waals surface area contributed by atoms with Gasteiger partial charge in [-0.1, -0.05) is 0 Å². The summed E-state index contributed by atoms with van der Waals surface area (Å²) in [6.45, 7) is 0.695. The molecule has 11 heteroatoms. The number of rotatable bonds is 1. The highest BCUT2D eigenvalue weighted by Crippen LogP contribution is 2.40.